The summed E-state index contributed by atoms with van der Waals surface area (Å²) in [6.45, 7) is 10.4. The van der Waals surface area contributed by atoms with Gasteiger partial charge in [0.25, 0.3) is 5.91 Å². The van der Waals surface area contributed by atoms with E-state index >= 15 is 4.39 Å². The lowest BCUT2D eigenvalue weighted by Gasteiger charge is -2.38. The minimum absolute atomic E-state index is 0.0433. The van der Waals surface area contributed by atoms with Gasteiger partial charge in [-0.1, -0.05) is 37.1 Å². The first-order valence-corrected chi connectivity index (χ1v) is 18.8. The monoisotopic (exact) mass is 781 g/mol. The van der Waals surface area contributed by atoms with Gasteiger partial charge in [0.05, 0.1) is 17.1 Å². The first kappa shape index (κ1) is 41.2. The van der Waals surface area contributed by atoms with Gasteiger partial charge in [-0.05, 0) is 108 Å². The van der Waals surface area contributed by atoms with Crippen LogP contribution in [0.2, 0.25) is 0 Å². The van der Waals surface area contributed by atoms with Crippen LogP contribution in [0.4, 0.5) is 28.0 Å². The van der Waals surface area contributed by atoms with Gasteiger partial charge in [0.15, 0.2) is 5.69 Å². The smallest absolute Gasteiger partial charge is 0.435 e. The van der Waals surface area contributed by atoms with Gasteiger partial charge in [-0.2, -0.15) is 23.5 Å². The highest BCUT2D eigenvalue weighted by Gasteiger charge is 2.45. The van der Waals surface area contributed by atoms with Gasteiger partial charge in [0.2, 0.25) is 0 Å². The number of aromatic nitrogens is 3. The van der Waals surface area contributed by atoms with Crippen LogP contribution < -0.4 is 15.4 Å². The number of halogens is 4. The molecule has 11 nitrogen and oxygen atoms in total. The van der Waals surface area contributed by atoms with E-state index in [1.807, 2.05) is 6.07 Å². The topological polar surface area (TPSA) is 157 Å². The average molecular weight is 782 g/mol. The summed E-state index contributed by atoms with van der Waals surface area (Å²) in [7, 11) is 0. The van der Waals surface area contributed by atoms with Crippen molar-refractivity contribution >= 4 is 29.0 Å². The fraction of sp³-hybridized carbons (Fsp3) is 0.410. The molecular weight excluding hydrogens is 739 g/mol. The minimum atomic E-state index is -4.93. The largest absolute Gasteiger partial charge is 0.598 e. The van der Waals surface area contributed by atoms with E-state index in [1.165, 1.54) is 36.4 Å². The lowest BCUT2D eigenvalue weighted by atomic mass is 9.82. The quantitative estimate of drug-likeness (QED) is 0.0963. The highest BCUT2D eigenvalue weighted by atomic mass is 32.2. The molecule has 1 saturated carbocycles. The first-order valence-electron chi connectivity index (χ1n) is 17.6. The molecule has 0 saturated heterocycles. The fourth-order valence-corrected chi connectivity index (χ4v) is 6.64. The molecule has 0 aliphatic heterocycles. The van der Waals surface area contributed by atoms with Gasteiger partial charge in [0, 0.05) is 24.0 Å². The Morgan fingerprint density at radius 1 is 1.00 bits per heavy atom. The molecule has 3 N–H and O–H groups in total. The van der Waals surface area contributed by atoms with Crippen molar-refractivity contribution in [3.05, 3.63) is 106 Å². The molecule has 0 unspecified atom stereocenters. The summed E-state index contributed by atoms with van der Waals surface area (Å²) in [5.74, 6) is -1.59. The summed E-state index contributed by atoms with van der Waals surface area (Å²) in [5, 5.41) is 18.4. The average Bonchev–Trinajstić information content (AvgIpc) is 3.82. The third-order valence-electron chi connectivity index (χ3n) is 8.68. The second-order valence-corrected chi connectivity index (χ2v) is 17.4. The second-order valence-electron chi connectivity index (χ2n) is 15.4. The van der Waals surface area contributed by atoms with E-state index in [4.69, 9.17) is 4.74 Å². The molecule has 2 aromatic heterocycles. The molecule has 5 rings (SSSR count). The van der Waals surface area contributed by atoms with Crippen LogP contribution >= 0.6 is 0 Å². The number of hydrogen-bond donors (Lipinski definition) is 3. The van der Waals surface area contributed by atoms with E-state index in [-0.39, 0.29) is 23.6 Å². The Hall–Kier alpha value is -4.98. The molecule has 16 heteroatoms. The summed E-state index contributed by atoms with van der Waals surface area (Å²) in [6.07, 6.45) is -2.59. The van der Waals surface area contributed by atoms with Crippen molar-refractivity contribution in [3.8, 4) is 11.8 Å². The van der Waals surface area contributed by atoms with Crippen LogP contribution in [-0.4, -0.2) is 41.7 Å². The number of pyridine rings is 1. The maximum absolute atomic E-state index is 15.7. The van der Waals surface area contributed by atoms with E-state index in [9.17, 15) is 32.6 Å². The second kappa shape index (κ2) is 16.0. The van der Waals surface area contributed by atoms with Crippen LogP contribution in [0.25, 0.3) is 5.69 Å². The summed E-state index contributed by atoms with van der Waals surface area (Å²) in [4.78, 5) is 30.7. The third kappa shape index (κ3) is 10.4. The molecular formula is C39H43F4N7O4S. The molecule has 55 heavy (non-hydrogen) atoms. The number of ether oxygens (including phenoxy) is 1. The Labute approximate surface area is 320 Å². The zero-order chi connectivity index (χ0) is 40.3. The number of carbonyl (C=O) groups excluding carboxylic acids is 2. The van der Waals surface area contributed by atoms with Crippen molar-refractivity contribution < 1.29 is 36.4 Å². The number of nitrogens with one attached hydrogen (secondary N) is 3. The standard InChI is InChI=1S/C39H43F4N7O4S/c1-36(2,3)54-35(52)45-23-25-9-7-11-28(19-25)50-31(21-33(48-50)39(41,42)43)34(51)47-30-20-26(15-16-29(30)40)38(18-17-24-13-14-24,49-55(53)37(4,5)6)32-12-8-10-27(22-44)46-32/h7-12,15-16,19-21,24,49H,13-14,17-18,23H2,1-6H3,(H,45,52)(H,47,51)/t38-,55-/m1/s1. The van der Waals surface area contributed by atoms with E-state index in [0.717, 1.165) is 23.6 Å². The van der Waals surface area contributed by atoms with Gasteiger partial charge in [-0.3, -0.25) is 4.79 Å². The highest BCUT2D eigenvalue weighted by Crippen LogP contribution is 2.43. The van der Waals surface area contributed by atoms with Crippen LogP contribution in [0.15, 0.2) is 66.7 Å². The Bertz CT molecular complexity index is 2080. The molecule has 1 fully saturated rings. The van der Waals surface area contributed by atoms with Crippen LogP contribution in [0, 0.1) is 23.1 Å². The highest BCUT2D eigenvalue weighted by molar-refractivity contribution is 7.90. The van der Waals surface area contributed by atoms with Gasteiger partial charge in [-0.15, -0.1) is 4.72 Å². The molecule has 1 aliphatic carbocycles. The van der Waals surface area contributed by atoms with E-state index < -0.39 is 62.6 Å². The number of carbonyl (C=O) groups is 2. The Kier molecular flexibility index (Phi) is 12.0. The number of nitrogens with zero attached hydrogens (tertiary/aromatic N) is 4. The molecule has 2 heterocycles. The summed E-state index contributed by atoms with van der Waals surface area (Å²) >= 11 is -1.71. The number of nitriles is 1. The van der Waals surface area contributed by atoms with Crippen LogP contribution in [0.3, 0.4) is 0 Å². The Morgan fingerprint density at radius 3 is 2.35 bits per heavy atom. The number of hydrogen-bond acceptors (Lipinski definition) is 8. The molecule has 1 aliphatic rings. The molecule has 2 atom stereocenters. The Balaban J connectivity index is 1.54. The molecule has 2 amide bonds. The Morgan fingerprint density at radius 2 is 1.71 bits per heavy atom. The van der Waals surface area contributed by atoms with E-state index in [2.05, 4.69) is 25.4 Å². The zero-order valence-electron chi connectivity index (χ0n) is 31.3. The van der Waals surface area contributed by atoms with Gasteiger partial charge in [0.1, 0.15) is 39.2 Å². The lowest BCUT2D eigenvalue weighted by molar-refractivity contribution is -0.141. The summed E-state index contributed by atoms with van der Waals surface area (Å²) in [6, 6.07) is 17.4. The van der Waals surface area contributed by atoms with Crippen molar-refractivity contribution in [2.45, 2.75) is 95.8 Å². The number of benzene rings is 2. The number of alkyl halides is 3. The fourth-order valence-electron chi connectivity index (χ4n) is 5.69. The normalized spacial score (nSPS) is 15.1. The number of anilines is 1. The van der Waals surface area contributed by atoms with E-state index in [1.54, 1.807) is 59.7 Å². The summed E-state index contributed by atoms with van der Waals surface area (Å²) < 4.78 is 80.0. The van der Waals surface area contributed by atoms with E-state index in [0.29, 0.717) is 41.6 Å². The predicted octanol–water partition coefficient (Wildman–Crippen LogP) is 8.06. The maximum atomic E-state index is 15.7. The molecule has 2 aromatic carbocycles. The maximum Gasteiger partial charge on any atom is 0.435 e. The SMILES string of the molecule is CC(C)(C)OC(=O)NCc1cccc(-n2nc(C(F)(F)F)cc2C(=O)Nc2cc([C@@](CCC3CC3)(N[S@+]([O-])C(C)(C)C)c3cccc(C#N)n3)ccc2F)c1. The van der Waals surface area contributed by atoms with Gasteiger partial charge < -0.3 is 19.9 Å². The van der Waals surface area contributed by atoms with Gasteiger partial charge in [-0.25, -0.2) is 18.9 Å². The van der Waals surface area contributed by atoms with Crippen molar-refractivity contribution in [1.82, 2.24) is 24.8 Å². The molecule has 0 bridgehead atoms. The zero-order valence-corrected chi connectivity index (χ0v) is 32.1. The minimum Gasteiger partial charge on any atom is -0.598 e. The van der Waals surface area contributed by atoms with Crippen molar-refractivity contribution in [3.63, 3.8) is 0 Å². The third-order valence-corrected chi connectivity index (χ3v) is 10.3. The van der Waals surface area contributed by atoms with Crippen LogP contribution in [0.1, 0.15) is 106 Å². The number of amides is 2. The van der Waals surface area contributed by atoms with Crippen molar-refractivity contribution in [2.24, 2.45) is 5.92 Å². The molecule has 0 spiro atoms. The lowest BCUT2D eigenvalue weighted by Crippen LogP contribution is -2.52. The first-order chi connectivity index (χ1) is 25.7. The van der Waals surface area contributed by atoms with Crippen LogP contribution in [-0.2, 0) is 34.4 Å². The van der Waals surface area contributed by atoms with Crippen LogP contribution in [0.5, 0.6) is 0 Å². The van der Waals surface area contributed by atoms with Gasteiger partial charge >= 0.3 is 12.3 Å². The number of alkyl carbamates (subject to hydrolysis) is 1. The number of rotatable bonds is 12. The molecule has 0 radical (unpaired) electrons. The summed E-state index contributed by atoms with van der Waals surface area (Å²) in [5.41, 5.74) is -3.02. The van der Waals surface area contributed by atoms with Crippen molar-refractivity contribution in [2.75, 3.05) is 5.32 Å². The molecule has 4 aromatic rings. The van der Waals surface area contributed by atoms with Crippen molar-refractivity contribution in [1.29, 1.82) is 5.26 Å². The predicted molar refractivity (Wildman–Crippen MR) is 199 cm³/mol. The molecule has 292 valence electrons.